The molecule has 6 heteroatoms. The van der Waals surface area contributed by atoms with Crippen molar-refractivity contribution in [2.24, 2.45) is 0 Å². The summed E-state index contributed by atoms with van der Waals surface area (Å²) in [6, 6.07) is 16.8. The third-order valence-electron chi connectivity index (χ3n) is 6.68. The lowest BCUT2D eigenvalue weighted by molar-refractivity contribution is 0.0363. The summed E-state index contributed by atoms with van der Waals surface area (Å²) < 4.78 is 8.00. The van der Waals surface area contributed by atoms with Gasteiger partial charge in [0.2, 0.25) is 0 Å². The van der Waals surface area contributed by atoms with Crippen LogP contribution in [0.5, 0.6) is 0 Å². The number of halogens is 1. The molecule has 0 saturated carbocycles. The summed E-state index contributed by atoms with van der Waals surface area (Å²) in [5.41, 5.74) is 3.69. The van der Waals surface area contributed by atoms with Crippen LogP contribution in [0, 0.1) is 0 Å². The summed E-state index contributed by atoms with van der Waals surface area (Å²) >= 11 is 6.17. The van der Waals surface area contributed by atoms with Crippen LogP contribution in [-0.4, -0.2) is 65.3 Å². The molecule has 31 heavy (non-hydrogen) atoms. The van der Waals surface area contributed by atoms with Gasteiger partial charge in [-0.05, 0) is 55.8 Å². The number of benzene rings is 2. The first-order valence-electron chi connectivity index (χ1n) is 11.5. The lowest BCUT2D eigenvalue weighted by atomic mass is 9.95. The van der Waals surface area contributed by atoms with Gasteiger partial charge in [0, 0.05) is 43.7 Å². The summed E-state index contributed by atoms with van der Waals surface area (Å²) in [7, 11) is 0. The topological polar surface area (TPSA) is 33.5 Å². The SMILES string of the molecule is Clc1cccc(CN2CCC(c3nc4ccccc4n3CCN3CCOCC3)CC2)c1. The highest BCUT2D eigenvalue weighted by molar-refractivity contribution is 6.30. The lowest BCUT2D eigenvalue weighted by Gasteiger charge is -2.32. The lowest BCUT2D eigenvalue weighted by Crippen LogP contribution is -2.38. The first-order chi connectivity index (χ1) is 15.3. The van der Waals surface area contributed by atoms with E-state index in [0.717, 1.165) is 82.4 Å². The van der Waals surface area contributed by atoms with E-state index in [1.165, 1.54) is 16.9 Å². The molecule has 0 bridgehead atoms. The number of hydrogen-bond acceptors (Lipinski definition) is 4. The number of piperidine rings is 1. The fraction of sp³-hybridized carbons (Fsp3) is 0.480. The second-order valence-corrected chi connectivity index (χ2v) is 9.18. The average Bonchev–Trinajstić information content (AvgIpc) is 3.17. The highest BCUT2D eigenvalue weighted by Crippen LogP contribution is 2.31. The number of ether oxygens (including phenoxy) is 1. The van der Waals surface area contributed by atoms with Crippen LogP contribution in [0.15, 0.2) is 48.5 Å². The van der Waals surface area contributed by atoms with Crippen molar-refractivity contribution >= 4 is 22.6 Å². The predicted molar refractivity (Wildman–Crippen MR) is 126 cm³/mol. The molecule has 2 fully saturated rings. The zero-order valence-electron chi connectivity index (χ0n) is 18.0. The molecule has 0 aliphatic carbocycles. The zero-order valence-corrected chi connectivity index (χ0v) is 18.8. The molecule has 0 radical (unpaired) electrons. The fourth-order valence-corrected chi connectivity index (χ4v) is 5.16. The first kappa shape index (κ1) is 21.0. The zero-order chi connectivity index (χ0) is 21.0. The van der Waals surface area contributed by atoms with Crippen molar-refractivity contribution in [2.75, 3.05) is 45.9 Å². The number of likely N-dealkylation sites (tertiary alicyclic amines) is 1. The van der Waals surface area contributed by atoms with E-state index in [1.54, 1.807) is 0 Å². The Labute approximate surface area is 189 Å². The summed E-state index contributed by atoms with van der Waals surface area (Å²) in [6.07, 6.45) is 2.31. The van der Waals surface area contributed by atoms with Crippen LogP contribution in [0.2, 0.25) is 5.02 Å². The van der Waals surface area contributed by atoms with E-state index in [1.807, 2.05) is 12.1 Å². The third kappa shape index (κ3) is 4.96. The molecular formula is C25H31ClN4O. The van der Waals surface area contributed by atoms with E-state index in [0.29, 0.717) is 5.92 Å². The standard InChI is InChI=1S/C25H31ClN4O/c26-22-5-3-4-20(18-22)19-29-10-8-21(9-11-29)25-27-23-6-1-2-7-24(23)30(25)13-12-28-14-16-31-17-15-28/h1-7,18,21H,8-17,19H2. The number of nitrogens with zero attached hydrogens (tertiary/aromatic N) is 4. The Kier molecular flexibility index (Phi) is 6.55. The number of rotatable bonds is 6. The summed E-state index contributed by atoms with van der Waals surface area (Å²) in [6.45, 7) is 9.00. The van der Waals surface area contributed by atoms with Gasteiger partial charge < -0.3 is 9.30 Å². The number of morpholine rings is 1. The third-order valence-corrected chi connectivity index (χ3v) is 6.91. The highest BCUT2D eigenvalue weighted by atomic mass is 35.5. The number of para-hydroxylation sites is 2. The van der Waals surface area contributed by atoms with Crippen LogP contribution < -0.4 is 0 Å². The van der Waals surface area contributed by atoms with E-state index in [-0.39, 0.29) is 0 Å². The molecule has 2 aromatic carbocycles. The van der Waals surface area contributed by atoms with Crippen LogP contribution in [0.4, 0.5) is 0 Å². The van der Waals surface area contributed by atoms with E-state index in [2.05, 4.69) is 50.8 Å². The van der Waals surface area contributed by atoms with E-state index >= 15 is 0 Å². The van der Waals surface area contributed by atoms with Crippen molar-refractivity contribution in [2.45, 2.75) is 31.8 Å². The first-order valence-corrected chi connectivity index (χ1v) is 11.9. The molecule has 2 saturated heterocycles. The molecule has 3 heterocycles. The molecule has 2 aliphatic heterocycles. The summed E-state index contributed by atoms with van der Waals surface area (Å²) in [4.78, 5) is 10.2. The monoisotopic (exact) mass is 438 g/mol. The highest BCUT2D eigenvalue weighted by Gasteiger charge is 2.26. The van der Waals surface area contributed by atoms with Gasteiger partial charge in [0.25, 0.3) is 0 Å². The number of fused-ring (bicyclic) bond motifs is 1. The molecule has 0 spiro atoms. The van der Waals surface area contributed by atoms with Crippen molar-refractivity contribution < 1.29 is 4.74 Å². The molecule has 1 aromatic heterocycles. The van der Waals surface area contributed by atoms with Crippen molar-refractivity contribution in [1.29, 1.82) is 0 Å². The fourth-order valence-electron chi connectivity index (χ4n) is 4.95. The van der Waals surface area contributed by atoms with Crippen molar-refractivity contribution in [3.63, 3.8) is 0 Å². The molecule has 0 atom stereocenters. The minimum Gasteiger partial charge on any atom is -0.379 e. The Hall–Kier alpha value is -1.92. The molecule has 5 nitrogen and oxygen atoms in total. The second kappa shape index (κ2) is 9.70. The van der Waals surface area contributed by atoms with Gasteiger partial charge in [0.05, 0.1) is 24.2 Å². The van der Waals surface area contributed by atoms with Crippen LogP contribution in [0.25, 0.3) is 11.0 Å². The summed E-state index contributed by atoms with van der Waals surface area (Å²) in [5.74, 6) is 1.80. The van der Waals surface area contributed by atoms with Crippen LogP contribution in [0.3, 0.4) is 0 Å². The smallest absolute Gasteiger partial charge is 0.113 e. The molecule has 5 rings (SSSR count). The molecule has 0 N–H and O–H groups in total. The quantitative estimate of drug-likeness (QED) is 0.571. The molecule has 0 unspecified atom stereocenters. The van der Waals surface area contributed by atoms with Gasteiger partial charge in [-0.25, -0.2) is 4.98 Å². The minimum absolute atomic E-state index is 0.521. The van der Waals surface area contributed by atoms with Crippen LogP contribution in [-0.2, 0) is 17.8 Å². The van der Waals surface area contributed by atoms with Crippen molar-refractivity contribution in [1.82, 2.24) is 19.4 Å². The van der Waals surface area contributed by atoms with Gasteiger partial charge >= 0.3 is 0 Å². The van der Waals surface area contributed by atoms with Gasteiger partial charge in [-0.3, -0.25) is 9.80 Å². The Morgan fingerprint density at radius 1 is 0.903 bits per heavy atom. The van der Waals surface area contributed by atoms with Crippen molar-refractivity contribution in [3.8, 4) is 0 Å². The molecular weight excluding hydrogens is 408 g/mol. The predicted octanol–water partition coefficient (Wildman–Crippen LogP) is 4.40. The van der Waals surface area contributed by atoms with Gasteiger partial charge in [0.1, 0.15) is 5.82 Å². The number of aromatic nitrogens is 2. The normalized spacial score (nSPS) is 19.3. The Morgan fingerprint density at radius 2 is 1.71 bits per heavy atom. The largest absolute Gasteiger partial charge is 0.379 e. The molecule has 164 valence electrons. The van der Waals surface area contributed by atoms with Gasteiger partial charge in [-0.15, -0.1) is 0 Å². The second-order valence-electron chi connectivity index (χ2n) is 8.74. The van der Waals surface area contributed by atoms with E-state index < -0.39 is 0 Å². The minimum atomic E-state index is 0.521. The van der Waals surface area contributed by atoms with Gasteiger partial charge in [-0.2, -0.15) is 0 Å². The summed E-state index contributed by atoms with van der Waals surface area (Å²) in [5, 5.41) is 0.821. The number of hydrogen-bond donors (Lipinski definition) is 0. The Balaban J connectivity index is 1.28. The van der Waals surface area contributed by atoms with Gasteiger partial charge in [-0.1, -0.05) is 35.9 Å². The van der Waals surface area contributed by atoms with Crippen molar-refractivity contribution in [3.05, 3.63) is 64.9 Å². The van der Waals surface area contributed by atoms with Gasteiger partial charge in [0.15, 0.2) is 0 Å². The maximum absolute atomic E-state index is 6.17. The number of imidazole rings is 1. The Bertz CT molecular complexity index is 1010. The molecule has 0 amide bonds. The molecule has 2 aliphatic rings. The maximum Gasteiger partial charge on any atom is 0.113 e. The van der Waals surface area contributed by atoms with Crippen LogP contribution >= 0.6 is 11.6 Å². The van der Waals surface area contributed by atoms with E-state index in [4.69, 9.17) is 21.3 Å². The average molecular weight is 439 g/mol. The molecule has 3 aromatic rings. The van der Waals surface area contributed by atoms with E-state index in [9.17, 15) is 0 Å². The maximum atomic E-state index is 6.17. The van der Waals surface area contributed by atoms with Crippen LogP contribution in [0.1, 0.15) is 30.1 Å². The Morgan fingerprint density at radius 3 is 2.52 bits per heavy atom.